The largest absolute Gasteiger partial charge is 0.541 e. The van der Waals surface area contributed by atoms with E-state index in [1.165, 1.54) is 18.3 Å². The van der Waals surface area contributed by atoms with Gasteiger partial charge < -0.3 is 19.9 Å². The van der Waals surface area contributed by atoms with Crippen molar-refractivity contribution in [3.63, 3.8) is 0 Å². The predicted octanol–water partition coefficient (Wildman–Crippen LogP) is 4.37. The number of benzene rings is 3. The standard InChI is InChI=1S/C27H22BN3O5S/c1-18(25(34)35-28)36-31-23(24(32)33)22-17-37-26(29-22)30-27(19-11-5-2-6-12-19,20-13-7-3-8-14-20)21-15-9-4-10-16-21/h2-18H,1H3,(H,29,30)(H,32,33)/b31-23-/t18-/m0/s1. The van der Waals surface area contributed by atoms with Gasteiger partial charge in [-0.3, -0.25) is 0 Å². The molecule has 4 rings (SSSR count). The number of nitrogens with zero attached hydrogens (tertiary/aromatic N) is 2. The summed E-state index contributed by atoms with van der Waals surface area (Å²) in [5.41, 5.74) is 1.66. The number of carbonyl (C=O) groups is 2. The van der Waals surface area contributed by atoms with E-state index in [0.29, 0.717) is 5.13 Å². The second-order valence-electron chi connectivity index (χ2n) is 7.94. The SMILES string of the molecule is [B]OC(=O)[C@H](C)O/N=C(\C(=O)O)c1csc(NC(c2ccccc2)(c2ccccc2)c2ccccc2)n1. The summed E-state index contributed by atoms with van der Waals surface area (Å²) in [5.74, 6) is -2.27. The van der Waals surface area contributed by atoms with Crippen LogP contribution < -0.4 is 5.32 Å². The monoisotopic (exact) mass is 511 g/mol. The molecule has 4 aromatic rings. The second-order valence-corrected chi connectivity index (χ2v) is 8.80. The molecule has 0 amide bonds. The molecule has 2 N–H and O–H groups in total. The average Bonchev–Trinajstić information content (AvgIpc) is 3.40. The molecule has 0 spiro atoms. The normalized spacial score (nSPS) is 12.4. The number of hydrogen-bond acceptors (Lipinski definition) is 8. The molecule has 0 aliphatic heterocycles. The van der Waals surface area contributed by atoms with Crippen molar-refractivity contribution in [1.29, 1.82) is 0 Å². The summed E-state index contributed by atoms with van der Waals surface area (Å²) in [7, 11) is 4.84. The average molecular weight is 511 g/mol. The van der Waals surface area contributed by atoms with Crippen LogP contribution in [0.5, 0.6) is 0 Å². The third-order valence-corrected chi connectivity index (χ3v) is 6.37. The number of aliphatic carboxylic acids is 1. The molecule has 1 atom stereocenters. The summed E-state index contributed by atoms with van der Waals surface area (Å²) in [5, 5.41) is 18.9. The molecule has 0 aliphatic carbocycles. The molecule has 8 nitrogen and oxygen atoms in total. The third-order valence-electron chi connectivity index (χ3n) is 5.61. The van der Waals surface area contributed by atoms with Crippen LogP contribution in [0.3, 0.4) is 0 Å². The van der Waals surface area contributed by atoms with Gasteiger partial charge in [-0.15, -0.1) is 11.3 Å². The Labute approximate surface area is 219 Å². The lowest BCUT2D eigenvalue weighted by Crippen LogP contribution is -2.38. The van der Waals surface area contributed by atoms with Crippen LogP contribution >= 0.6 is 11.3 Å². The van der Waals surface area contributed by atoms with E-state index in [0.717, 1.165) is 16.7 Å². The predicted molar refractivity (Wildman–Crippen MR) is 142 cm³/mol. The van der Waals surface area contributed by atoms with Crippen LogP contribution in [0.4, 0.5) is 5.13 Å². The lowest BCUT2D eigenvalue weighted by atomic mass is 9.77. The number of hydrogen-bond donors (Lipinski definition) is 2. The fraction of sp³-hybridized carbons (Fsp3) is 0.111. The van der Waals surface area contributed by atoms with Gasteiger partial charge in [-0.1, -0.05) is 96.2 Å². The number of aromatic nitrogens is 1. The zero-order valence-electron chi connectivity index (χ0n) is 19.8. The molecule has 0 saturated carbocycles. The van der Waals surface area contributed by atoms with Crippen molar-refractivity contribution >= 4 is 42.2 Å². The topological polar surface area (TPSA) is 110 Å². The van der Waals surface area contributed by atoms with Gasteiger partial charge in [0.15, 0.2) is 5.13 Å². The van der Waals surface area contributed by atoms with Crippen molar-refractivity contribution < 1.29 is 24.2 Å². The molecule has 10 heteroatoms. The fourth-order valence-corrected chi connectivity index (χ4v) is 4.60. The van der Waals surface area contributed by atoms with E-state index in [-0.39, 0.29) is 5.69 Å². The molecule has 1 heterocycles. The summed E-state index contributed by atoms with van der Waals surface area (Å²) in [6.07, 6.45) is -1.20. The summed E-state index contributed by atoms with van der Waals surface area (Å²) < 4.78 is 4.09. The fourth-order valence-electron chi connectivity index (χ4n) is 3.85. The number of carboxylic acid groups (broad SMARTS) is 1. The summed E-state index contributed by atoms with van der Waals surface area (Å²) in [6.45, 7) is 1.33. The highest BCUT2D eigenvalue weighted by atomic mass is 32.1. The molecular formula is C27H22BN3O5S. The van der Waals surface area contributed by atoms with Crippen LogP contribution in [-0.4, -0.2) is 41.9 Å². The number of carboxylic acids is 1. The van der Waals surface area contributed by atoms with Gasteiger partial charge in [0.25, 0.3) is 0 Å². The third kappa shape index (κ3) is 5.54. The summed E-state index contributed by atoms with van der Waals surface area (Å²) in [6, 6.07) is 29.8. The Bertz CT molecular complexity index is 1280. The van der Waals surface area contributed by atoms with E-state index in [4.69, 9.17) is 12.9 Å². The number of anilines is 1. The Hall–Kier alpha value is -4.44. The number of carbonyl (C=O) groups excluding carboxylic acids is 1. The number of nitrogens with one attached hydrogen (secondary N) is 1. The van der Waals surface area contributed by atoms with Crippen molar-refractivity contribution in [1.82, 2.24) is 4.98 Å². The highest BCUT2D eigenvalue weighted by Crippen LogP contribution is 2.40. The van der Waals surface area contributed by atoms with Gasteiger partial charge in [0.1, 0.15) is 11.2 Å². The van der Waals surface area contributed by atoms with Gasteiger partial charge in [0, 0.05) is 5.38 Å². The lowest BCUT2D eigenvalue weighted by Gasteiger charge is -2.36. The lowest BCUT2D eigenvalue weighted by molar-refractivity contribution is -0.146. The van der Waals surface area contributed by atoms with E-state index in [9.17, 15) is 14.7 Å². The molecule has 0 saturated heterocycles. The van der Waals surface area contributed by atoms with Crippen molar-refractivity contribution in [3.05, 3.63) is 119 Å². The zero-order valence-corrected chi connectivity index (χ0v) is 20.6. The Kier molecular flexibility index (Phi) is 8.00. The van der Waals surface area contributed by atoms with Crippen molar-refractivity contribution in [2.75, 3.05) is 5.32 Å². The highest BCUT2D eigenvalue weighted by molar-refractivity contribution is 7.14. The van der Waals surface area contributed by atoms with E-state index in [1.54, 1.807) is 5.38 Å². The molecule has 0 bridgehead atoms. The number of rotatable bonds is 10. The van der Waals surface area contributed by atoms with Gasteiger partial charge in [-0.25, -0.2) is 14.6 Å². The molecule has 184 valence electrons. The zero-order chi connectivity index (χ0) is 26.3. The Balaban J connectivity index is 1.79. The van der Waals surface area contributed by atoms with Crippen molar-refractivity contribution in [3.8, 4) is 0 Å². The minimum atomic E-state index is -1.37. The molecule has 37 heavy (non-hydrogen) atoms. The van der Waals surface area contributed by atoms with Crippen molar-refractivity contribution in [2.45, 2.75) is 18.6 Å². The maximum Gasteiger partial charge on any atom is 0.378 e. The first-order valence-corrected chi connectivity index (χ1v) is 12.1. The van der Waals surface area contributed by atoms with Crippen LogP contribution in [0.25, 0.3) is 0 Å². The summed E-state index contributed by atoms with van der Waals surface area (Å²) >= 11 is 1.22. The Morgan fingerprint density at radius 2 is 1.43 bits per heavy atom. The van der Waals surface area contributed by atoms with Gasteiger partial charge in [-0.05, 0) is 23.6 Å². The highest BCUT2D eigenvalue weighted by Gasteiger charge is 2.37. The Morgan fingerprint density at radius 3 is 1.86 bits per heavy atom. The van der Waals surface area contributed by atoms with Crippen LogP contribution in [0, 0.1) is 0 Å². The van der Waals surface area contributed by atoms with E-state index in [1.807, 2.05) is 91.0 Å². The van der Waals surface area contributed by atoms with Crippen molar-refractivity contribution in [2.24, 2.45) is 5.16 Å². The van der Waals surface area contributed by atoms with Crippen LogP contribution in [-0.2, 0) is 24.6 Å². The minimum absolute atomic E-state index is 0.0661. The van der Waals surface area contributed by atoms with E-state index in [2.05, 4.69) is 20.1 Å². The molecule has 2 radical (unpaired) electrons. The maximum absolute atomic E-state index is 11.9. The van der Waals surface area contributed by atoms with Gasteiger partial charge in [-0.2, -0.15) is 0 Å². The molecule has 0 aliphatic rings. The van der Waals surface area contributed by atoms with Gasteiger partial charge in [0.2, 0.25) is 11.8 Å². The second kappa shape index (κ2) is 11.5. The number of thiazole rings is 1. The maximum atomic E-state index is 11.9. The number of oxime groups is 1. The molecule has 0 fully saturated rings. The first kappa shape index (κ1) is 25.7. The molecular weight excluding hydrogens is 489 g/mol. The van der Waals surface area contributed by atoms with Crippen LogP contribution in [0.2, 0.25) is 0 Å². The minimum Gasteiger partial charge on any atom is -0.541 e. The summed E-state index contributed by atoms with van der Waals surface area (Å²) in [4.78, 5) is 32.9. The smallest absolute Gasteiger partial charge is 0.378 e. The molecule has 0 unspecified atom stereocenters. The van der Waals surface area contributed by atoms with E-state index >= 15 is 0 Å². The first-order valence-electron chi connectivity index (χ1n) is 11.2. The Morgan fingerprint density at radius 1 is 0.946 bits per heavy atom. The van der Waals surface area contributed by atoms with E-state index < -0.39 is 29.3 Å². The molecule has 3 aromatic carbocycles. The quantitative estimate of drug-likeness (QED) is 0.141. The van der Waals surface area contributed by atoms with Gasteiger partial charge in [0.05, 0.1) is 0 Å². The van der Waals surface area contributed by atoms with Crippen LogP contribution in [0.15, 0.2) is 102 Å². The van der Waals surface area contributed by atoms with Gasteiger partial charge >= 0.3 is 20.0 Å². The molecule has 1 aromatic heterocycles. The first-order chi connectivity index (χ1) is 18.0. The van der Waals surface area contributed by atoms with Crippen LogP contribution in [0.1, 0.15) is 29.3 Å².